The Hall–Kier alpha value is -4.42. The molecule has 1 fully saturated rings. The predicted octanol–water partition coefficient (Wildman–Crippen LogP) is 6.94. The summed E-state index contributed by atoms with van der Waals surface area (Å²) in [5.41, 5.74) is 1.26. The number of ether oxygens (including phenoxy) is 3. The summed E-state index contributed by atoms with van der Waals surface area (Å²) < 4.78 is 31.9. The third-order valence-electron chi connectivity index (χ3n) is 7.36. The van der Waals surface area contributed by atoms with Gasteiger partial charge in [0.15, 0.2) is 15.8 Å². The smallest absolute Gasteiger partial charge is 0.301 e. The number of Topliss-reactive ketones (excluding diaryl/α,β-unsaturated/α-hetero) is 1. The maximum absolute atomic E-state index is 14.2. The minimum atomic E-state index is -1.02. The molecule has 0 radical (unpaired) electrons. The van der Waals surface area contributed by atoms with Crippen molar-refractivity contribution < 1.29 is 33.3 Å². The van der Waals surface area contributed by atoms with E-state index >= 15 is 0 Å². The summed E-state index contributed by atoms with van der Waals surface area (Å²) >= 11 is 2.38. The molecule has 0 spiro atoms. The number of benzene rings is 3. The van der Waals surface area contributed by atoms with E-state index in [0.717, 1.165) is 30.6 Å². The Kier molecular flexibility index (Phi) is 9.31. The Morgan fingerprint density at radius 1 is 1.04 bits per heavy atom. The lowest BCUT2D eigenvalue weighted by atomic mass is 9.95. The highest BCUT2D eigenvalue weighted by molar-refractivity contribution is 8.00. The molecule has 9 nitrogen and oxygen atoms in total. The van der Waals surface area contributed by atoms with Crippen molar-refractivity contribution in [3.05, 3.63) is 94.8 Å². The molecule has 3 aromatic carbocycles. The van der Waals surface area contributed by atoms with Gasteiger partial charge >= 0.3 is 5.91 Å². The first-order valence-electron chi connectivity index (χ1n) is 14.6. The monoisotopic (exact) mass is 647 g/mol. The standard InChI is InChI=1S/C33H30FN3O6S2/c1-2-3-6-14-41-23-10-7-9-20(17-23)28-27(29(38)21-12-13-25-26(18-21)43-16-15-42-25)30(39)31(40)37(28)32-35-36-33(45-32)44-19-22-8-4-5-11-24(22)34/h4-5,7-13,17-18,28,38H,2-3,6,14-16,19H2,1H3/b29-27+/t28-/m0/s1. The number of amides is 1. The number of halogens is 1. The molecule has 1 atom stereocenters. The highest BCUT2D eigenvalue weighted by Gasteiger charge is 2.48. The van der Waals surface area contributed by atoms with Gasteiger partial charge in [-0.25, -0.2) is 4.39 Å². The molecule has 12 heteroatoms. The van der Waals surface area contributed by atoms with Crippen LogP contribution in [0.15, 0.2) is 76.6 Å². The number of hydrogen-bond acceptors (Lipinski definition) is 10. The van der Waals surface area contributed by atoms with Crippen LogP contribution in [0.2, 0.25) is 0 Å². The van der Waals surface area contributed by atoms with E-state index in [1.54, 1.807) is 54.6 Å². The van der Waals surface area contributed by atoms with Crippen LogP contribution in [0.3, 0.4) is 0 Å². The van der Waals surface area contributed by atoms with E-state index in [1.807, 2.05) is 6.07 Å². The third kappa shape index (κ3) is 6.52. The number of thioether (sulfide) groups is 1. The lowest BCUT2D eigenvalue weighted by Gasteiger charge is -2.23. The fourth-order valence-electron chi connectivity index (χ4n) is 5.12. The molecule has 2 aliphatic heterocycles. The van der Waals surface area contributed by atoms with Gasteiger partial charge in [0, 0.05) is 11.3 Å². The fourth-order valence-corrected chi connectivity index (χ4v) is 6.97. The van der Waals surface area contributed by atoms with Gasteiger partial charge in [0.1, 0.15) is 30.5 Å². The van der Waals surface area contributed by atoms with Gasteiger partial charge in [-0.2, -0.15) is 0 Å². The van der Waals surface area contributed by atoms with Crippen LogP contribution in [0.1, 0.15) is 48.9 Å². The number of nitrogens with zero attached hydrogens (tertiary/aromatic N) is 3. The summed E-state index contributed by atoms with van der Waals surface area (Å²) in [4.78, 5) is 28.6. The van der Waals surface area contributed by atoms with Crippen molar-refractivity contribution in [2.75, 3.05) is 24.7 Å². The third-order valence-corrected chi connectivity index (χ3v) is 9.47. The zero-order chi connectivity index (χ0) is 31.3. The Bertz CT molecular complexity index is 1760. The Morgan fingerprint density at radius 3 is 2.69 bits per heavy atom. The lowest BCUT2D eigenvalue weighted by molar-refractivity contribution is -0.132. The van der Waals surface area contributed by atoms with Crippen molar-refractivity contribution >= 4 is 45.7 Å². The largest absolute Gasteiger partial charge is 0.507 e. The van der Waals surface area contributed by atoms with Crippen LogP contribution in [-0.2, 0) is 15.3 Å². The summed E-state index contributed by atoms with van der Waals surface area (Å²) in [7, 11) is 0. The number of aromatic nitrogens is 2. The zero-order valence-electron chi connectivity index (χ0n) is 24.4. The van der Waals surface area contributed by atoms with Gasteiger partial charge in [0.05, 0.1) is 18.2 Å². The number of carbonyl (C=O) groups is 2. The first kappa shape index (κ1) is 30.6. The second-order valence-corrected chi connectivity index (χ2v) is 12.6. The number of fused-ring (bicyclic) bond motifs is 1. The van der Waals surface area contributed by atoms with Crippen molar-refractivity contribution in [3.63, 3.8) is 0 Å². The number of aliphatic hydroxyl groups is 1. The van der Waals surface area contributed by atoms with E-state index in [0.29, 0.717) is 63.9 Å². The first-order valence-corrected chi connectivity index (χ1v) is 16.4. The molecule has 0 saturated carbocycles. The van der Waals surface area contributed by atoms with Crippen LogP contribution in [0.25, 0.3) is 5.76 Å². The van der Waals surface area contributed by atoms with Gasteiger partial charge in [0.25, 0.3) is 5.78 Å². The molecule has 4 aromatic rings. The van der Waals surface area contributed by atoms with Crippen LogP contribution in [0, 0.1) is 5.82 Å². The molecule has 0 aliphatic carbocycles. The number of unbranched alkanes of at least 4 members (excludes halogenated alkanes) is 2. The van der Waals surface area contributed by atoms with Gasteiger partial charge in [-0.1, -0.05) is 73.2 Å². The average molecular weight is 648 g/mol. The van der Waals surface area contributed by atoms with E-state index < -0.39 is 17.7 Å². The van der Waals surface area contributed by atoms with Crippen molar-refractivity contribution in [1.82, 2.24) is 10.2 Å². The van der Waals surface area contributed by atoms with Crippen molar-refractivity contribution in [1.29, 1.82) is 0 Å². The normalized spacial score (nSPS) is 17.1. The Labute approximate surface area is 267 Å². The molecule has 0 bridgehead atoms. The van der Waals surface area contributed by atoms with Crippen LogP contribution in [-0.4, -0.2) is 46.8 Å². The molecular formula is C33H30FN3O6S2. The van der Waals surface area contributed by atoms with Gasteiger partial charge in [-0.05, 0) is 53.9 Å². The predicted molar refractivity (Wildman–Crippen MR) is 170 cm³/mol. The maximum atomic E-state index is 14.2. The van der Waals surface area contributed by atoms with Crippen molar-refractivity contribution in [2.24, 2.45) is 0 Å². The minimum absolute atomic E-state index is 0.101. The highest BCUT2D eigenvalue weighted by atomic mass is 32.2. The van der Waals surface area contributed by atoms with Gasteiger partial charge in [-0.15, -0.1) is 10.2 Å². The fraction of sp³-hybridized carbons (Fsp3) is 0.273. The summed E-state index contributed by atoms with van der Waals surface area (Å²) in [5, 5.41) is 20.2. The van der Waals surface area contributed by atoms with Crippen LogP contribution in [0.4, 0.5) is 9.52 Å². The molecule has 6 rings (SSSR count). The van der Waals surface area contributed by atoms with Gasteiger partial charge < -0.3 is 19.3 Å². The first-order chi connectivity index (χ1) is 21.9. The summed E-state index contributed by atoms with van der Waals surface area (Å²) in [6.07, 6.45) is 2.98. The van der Waals surface area contributed by atoms with Crippen LogP contribution >= 0.6 is 23.1 Å². The molecular weight excluding hydrogens is 618 g/mol. The number of aliphatic hydroxyl groups excluding tert-OH is 1. The number of rotatable bonds is 11. The summed E-state index contributed by atoms with van der Waals surface area (Å²) in [5.74, 6) is -0.553. The summed E-state index contributed by atoms with van der Waals surface area (Å²) in [6, 6.07) is 17.4. The molecule has 1 amide bonds. The van der Waals surface area contributed by atoms with E-state index in [-0.39, 0.29) is 22.3 Å². The van der Waals surface area contributed by atoms with E-state index in [1.165, 1.54) is 22.7 Å². The number of carbonyl (C=O) groups excluding carboxylic acids is 2. The van der Waals surface area contributed by atoms with E-state index in [4.69, 9.17) is 14.2 Å². The Balaban J connectivity index is 1.38. The Morgan fingerprint density at radius 2 is 1.87 bits per heavy atom. The van der Waals surface area contributed by atoms with Crippen molar-refractivity contribution in [2.45, 2.75) is 42.3 Å². The van der Waals surface area contributed by atoms with Crippen LogP contribution in [0.5, 0.6) is 17.2 Å². The highest BCUT2D eigenvalue weighted by Crippen LogP contribution is 2.45. The second-order valence-electron chi connectivity index (χ2n) is 10.4. The average Bonchev–Trinajstić information content (AvgIpc) is 3.64. The molecule has 1 saturated heterocycles. The SMILES string of the molecule is CCCCCOc1cccc([C@H]2/C(=C(\O)c3ccc4c(c3)OCCO4)C(=O)C(=O)N2c2nnc(SCc3ccccc3F)s2)c1. The molecule has 2 aliphatic rings. The van der Waals surface area contributed by atoms with E-state index in [9.17, 15) is 19.1 Å². The summed E-state index contributed by atoms with van der Waals surface area (Å²) in [6.45, 7) is 3.39. The molecule has 232 valence electrons. The minimum Gasteiger partial charge on any atom is -0.507 e. The quantitative estimate of drug-likeness (QED) is 0.0462. The molecule has 1 N–H and O–H groups in total. The maximum Gasteiger partial charge on any atom is 0.301 e. The number of hydrogen-bond donors (Lipinski definition) is 1. The lowest BCUT2D eigenvalue weighted by Crippen LogP contribution is -2.29. The topological polar surface area (TPSA) is 111 Å². The van der Waals surface area contributed by atoms with Crippen LogP contribution < -0.4 is 19.1 Å². The molecule has 3 heterocycles. The van der Waals surface area contributed by atoms with Gasteiger partial charge in [-0.3, -0.25) is 14.5 Å². The molecule has 45 heavy (non-hydrogen) atoms. The van der Waals surface area contributed by atoms with Crippen molar-refractivity contribution in [3.8, 4) is 17.2 Å². The van der Waals surface area contributed by atoms with Gasteiger partial charge in [0.2, 0.25) is 5.13 Å². The number of anilines is 1. The number of ketones is 1. The second kappa shape index (κ2) is 13.7. The zero-order valence-corrected chi connectivity index (χ0v) is 26.0. The molecule has 1 aromatic heterocycles. The molecule has 0 unspecified atom stereocenters. The van der Waals surface area contributed by atoms with E-state index in [2.05, 4.69) is 17.1 Å².